The average Bonchev–Trinajstić information content (AvgIpc) is 2.75. The number of aliphatic carboxylic acids is 1. The number of rotatable bonds is 24. The molecule has 32 heavy (non-hydrogen) atoms. The summed E-state index contributed by atoms with van der Waals surface area (Å²) >= 11 is 0. The quantitative estimate of drug-likeness (QED) is 0.116. The minimum atomic E-state index is -4.47. The fourth-order valence-electron chi connectivity index (χ4n) is 3.13. The number of hydrogen-bond acceptors (Lipinski definition) is 7. The molecule has 5 N–H and O–H groups in total. The van der Waals surface area contributed by atoms with E-state index in [2.05, 4.69) is 16.0 Å². The number of ether oxygens (including phenoxy) is 1. The van der Waals surface area contributed by atoms with Gasteiger partial charge in [0.2, 0.25) is 0 Å². The van der Waals surface area contributed by atoms with Gasteiger partial charge < -0.3 is 25.6 Å². The lowest BCUT2D eigenvalue weighted by Crippen LogP contribution is -2.34. The van der Waals surface area contributed by atoms with Crippen LogP contribution in [0.4, 0.5) is 0 Å². The largest absolute Gasteiger partial charge is 0.480 e. The van der Waals surface area contributed by atoms with Crippen LogP contribution >= 0.6 is 7.82 Å². The lowest BCUT2D eigenvalue weighted by atomic mass is 10.0. The minimum absolute atomic E-state index is 0.0207. The fourth-order valence-corrected chi connectivity index (χ4v) is 3.91. The van der Waals surface area contributed by atoms with Gasteiger partial charge in [-0.05, 0) is 6.42 Å². The van der Waals surface area contributed by atoms with Crippen LogP contribution < -0.4 is 5.73 Å². The summed E-state index contributed by atoms with van der Waals surface area (Å²) in [5.74, 6) is -1.36. The maximum atomic E-state index is 11.6. The number of unbranched alkanes of at least 4 members (excludes halogenated alkanes) is 13. The number of carboxylic acid groups (broad SMARTS) is 1. The molecule has 0 fully saturated rings. The van der Waals surface area contributed by atoms with Crippen molar-refractivity contribution in [1.82, 2.24) is 0 Å². The zero-order valence-corrected chi connectivity index (χ0v) is 20.7. The van der Waals surface area contributed by atoms with Crippen LogP contribution in [0.5, 0.6) is 0 Å². The van der Waals surface area contributed by atoms with Crippen molar-refractivity contribution in [2.24, 2.45) is 5.73 Å². The first kappa shape index (κ1) is 31.5. The van der Waals surface area contributed by atoms with Gasteiger partial charge in [-0.1, -0.05) is 90.4 Å². The van der Waals surface area contributed by atoms with Gasteiger partial charge >= 0.3 is 13.8 Å². The number of hydrogen-bond donors (Lipinski definition) is 4. The van der Waals surface area contributed by atoms with Gasteiger partial charge in [0, 0.05) is 6.61 Å². The van der Waals surface area contributed by atoms with Gasteiger partial charge in [-0.2, -0.15) is 0 Å². The normalized spacial score (nSPS) is 15.4. The second-order valence-electron chi connectivity index (χ2n) is 8.33. The highest BCUT2D eigenvalue weighted by Crippen LogP contribution is 2.43. The van der Waals surface area contributed by atoms with E-state index in [4.69, 9.17) is 15.6 Å². The van der Waals surface area contributed by atoms with E-state index in [1.165, 1.54) is 77.0 Å². The second-order valence-corrected chi connectivity index (χ2v) is 9.78. The summed E-state index contributed by atoms with van der Waals surface area (Å²) in [5.41, 5.74) is 5.17. The smallest absolute Gasteiger partial charge is 0.472 e. The maximum Gasteiger partial charge on any atom is 0.472 e. The van der Waals surface area contributed by atoms with Crippen molar-refractivity contribution >= 4 is 13.8 Å². The lowest BCUT2D eigenvalue weighted by Gasteiger charge is -2.16. The monoisotopic (exact) mass is 483 g/mol. The summed E-state index contributed by atoms with van der Waals surface area (Å²) in [6, 6.07) is -1.43. The van der Waals surface area contributed by atoms with E-state index in [0.717, 1.165) is 12.8 Å². The molecule has 192 valence electrons. The highest BCUT2D eigenvalue weighted by Gasteiger charge is 2.25. The molecule has 0 aromatic carbocycles. The molecule has 0 spiro atoms. The molecule has 0 heterocycles. The van der Waals surface area contributed by atoms with Crippen molar-refractivity contribution in [3.05, 3.63) is 0 Å². The maximum absolute atomic E-state index is 11.6. The molecule has 0 aliphatic rings. The highest BCUT2D eigenvalue weighted by atomic mass is 31.2. The molecule has 1 unspecified atom stereocenters. The molecule has 3 atom stereocenters. The molecule has 0 aliphatic carbocycles. The number of nitrogens with two attached hydrogens (primary N) is 1. The van der Waals surface area contributed by atoms with Crippen molar-refractivity contribution in [3.63, 3.8) is 0 Å². The van der Waals surface area contributed by atoms with Gasteiger partial charge in [0.25, 0.3) is 0 Å². The molecule has 0 saturated carbocycles. The molecular weight excluding hydrogens is 437 g/mol. The van der Waals surface area contributed by atoms with Crippen molar-refractivity contribution < 1.29 is 38.3 Å². The highest BCUT2D eigenvalue weighted by molar-refractivity contribution is 7.47. The predicted molar refractivity (Wildman–Crippen MR) is 124 cm³/mol. The number of aliphatic hydroxyl groups is 1. The molecule has 0 radical (unpaired) electrons. The van der Waals surface area contributed by atoms with Gasteiger partial charge in [-0.25, -0.2) is 4.57 Å². The predicted octanol–water partition coefficient (Wildman–Crippen LogP) is 4.39. The summed E-state index contributed by atoms with van der Waals surface area (Å²) in [6.07, 6.45) is 16.8. The Morgan fingerprint density at radius 2 is 1.25 bits per heavy atom. The third kappa shape index (κ3) is 21.3. The summed E-state index contributed by atoms with van der Waals surface area (Å²) in [6.45, 7) is 1.60. The first-order chi connectivity index (χ1) is 15.3. The van der Waals surface area contributed by atoms with Crippen LogP contribution in [0.2, 0.25) is 0 Å². The first-order valence-electron chi connectivity index (χ1n) is 12.1. The zero-order chi connectivity index (χ0) is 24.1. The van der Waals surface area contributed by atoms with E-state index in [1.54, 1.807) is 0 Å². The summed E-state index contributed by atoms with van der Waals surface area (Å²) in [7, 11) is -4.47. The zero-order valence-electron chi connectivity index (χ0n) is 19.8. The molecule has 0 rings (SSSR count). The van der Waals surface area contributed by atoms with Crippen LogP contribution in [0.25, 0.3) is 0 Å². The first-order valence-corrected chi connectivity index (χ1v) is 13.6. The fraction of sp³-hybridized carbons (Fsp3) is 0.955. The minimum Gasteiger partial charge on any atom is -0.480 e. The molecular formula is C22H46NO8P. The van der Waals surface area contributed by atoms with E-state index < -0.39 is 39.2 Å². The number of phosphoric ester groups is 1. The standard InChI is InChI=1S/C22H46NO8P/c1-2-3-4-5-6-7-8-9-10-11-12-13-14-15-16-29-17-20(24)18-30-32(27,28)31-19-21(23)22(25)26/h20-21,24H,2-19,23H2,1H3,(H,25,26)(H,27,28)/t20-,21-/m0/s1. The molecule has 9 nitrogen and oxygen atoms in total. The average molecular weight is 484 g/mol. The van der Waals surface area contributed by atoms with Gasteiger partial charge in [0.1, 0.15) is 12.1 Å². The molecule has 10 heteroatoms. The van der Waals surface area contributed by atoms with Crippen molar-refractivity contribution in [3.8, 4) is 0 Å². The van der Waals surface area contributed by atoms with Crippen LogP contribution in [0.1, 0.15) is 96.8 Å². The third-order valence-electron chi connectivity index (χ3n) is 5.12. The number of phosphoric acid groups is 1. The van der Waals surface area contributed by atoms with Gasteiger partial charge in [0.05, 0.1) is 19.8 Å². The number of carbonyl (C=O) groups is 1. The Kier molecular flexibility index (Phi) is 20.7. The van der Waals surface area contributed by atoms with E-state index in [9.17, 15) is 19.4 Å². The van der Waals surface area contributed by atoms with Crippen LogP contribution in [0.3, 0.4) is 0 Å². The Labute approximate surface area is 193 Å². The van der Waals surface area contributed by atoms with Gasteiger partial charge in [0.15, 0.2) is 0 Å². The molecule has 0 aliphatic heterocycles. The Morgan fingerprint density at radius 3 is 1.72 bits per heavy atom. The lowest BCUT2D eigenvalue weighted by molar-refractivity contribution is -0.139. The van der Waals surface area contributed by atoms with Gasteiger partial charge in [-0.15, -0.1) is 0 Å². The second kappa shape index (κ2) is 21.0. The molecule has 0 aromatic rings. The molecule has 0 amide bonds. The Bertz CT molecular complexity index is 495. The van der Waals surface area contributed by atoms with Crippen LogP contribution in [-0.4, -0.2) is 59.6 Å². The van der Waals surface area contributed by atoms with Crippen molar-refractivity contribution in [2.75, 3.05) is 26.4 Å². The number of aliphatic hydroxyl groups excluding tert-OH is 1. The molecule has 0 saturated heterocycles. The molecule has 0 bridgehead atoms. The van der Waals surface area contributed by atoms with E-state index >= 15 is 0 Å². The third-order valence-corrected chi connectivity index (χ3v) is 6.07. The Hall–Kier alpha value is -0.540. The Morgan fingerprint density at radius 1 is 0.812 bits per heavy atom. The topological polar surface area (TPSA) is 149 Å². The van der Waals surface area contributed by atoms with E-state index in [-0.39, 0.29) is 6.61 Å². The van der Waals surface area contributed by atoms with Crippen LogP contribution in [0, 0.1) is 0 Å². The van der Waals surface area contributed by atoms with E-state index in [1.807, 2.05) is 0 Å². The van der Waals surface area contributed by atoms with Gasteiger partial charge in [-0.3, -0.25) is 13.8 Å². The van der Waals surface area contributed by atoms with Crippen LogP contribution in [0.15, 0.2) is 0 Å². The SMILES string of the molecule is CCCCCCCCCCCCCCCCOC[C@H](O)COP(=O)(O)OC[C@H](N)C(=O)O. The van der Waals surface area contributed by atoms with Crippen LogP contribution in [-0.2, 0) is 23.1 Å². The Balaban J connectivity index is 3.43. The number of carboxylic acids is 1. The summed E-state index contributed by atoms with van der Waals surface area (Å²) in [5, 5.41) is 18.3. The molecule has 0 aromatic heterocycles. The summed E-state index contributed by atoms with van der Waals surface area (Å²) in [4.78, 5) is 20.0. The summed E-state index contributed by atoms with van der Waals surface area (Å²) < 4.78 is 26.0. The van der Waals surface area contributed by atoms with Crippen molar-refractivity contribution in [2.45, 2.75) is 109 Å². The van der Waals surface area contributed by atoms with E-state index in [0.29, 0.717) is 6.61 Å². The van der Waals surface area contributed by atoms with Crippen molar-refractivity contribution in [1.29, 1.82) is 0 Å².